The van der Waals surface area contributed by atoms with Crippen molar-refractivity contribution >= 4 is 5.96 Å². The van der Waals surface area contributed by atoms with Crippen LogP contribution >= 0.6 is 0 Å². The van der Waals surface area contributed by atoms with E-state index in [0.717, 1.165) is 25.6 Å². The second-order valence-corrected chi connectivity index (χ2v) is 6.51. The summed E-state index contributed by atoms with van der Waals surface area (Å²) in [5.74, 6) is 0.984. The van der Waals surface area contributed by atoms with Crippen molar-refractivity contribution in [3.63, 3.8) is 0 Å². The van der Waals surface area contributed by atoms with Gasteiger partial charge in [0.15, 0.2) is 5.96 Å². The molecule has 1 fully saturated rings. The van der Waals surface area contributed by atoms with Crippen LogP contribution < -0.4 is 10.6 Å². The van der Waals surface area contributed by atoms with Crippen LogP contribution in [-0.4, -0.2) is 50.1 Å². The van der Waals surface area contributed by atoms with E-state index in [1.807, 2.05) is 0 Å². The molecule has 0 aromatic heterocycles. The van der Waals surface area contributed by atoms with Gasteiger partial charge in [0, 0.05) is 30.6 Å². The standard InChI is InChI=1S/C13H26N4/c1-12(2)8-14-11(15-9-12)16-10-13(17(3)4)6-5-7-13/h5-10H2,1-4H3,(H2,14,15,16). The number of hydrogen-bond donors (Lipinski definition) is 2. The molecule has 1 aliphatic carbocycles. The van der Waals surface area contributed by atoms with Crippen LogP contribution in [-0.2, 0) is 0 Å². The first-order chi connectivity index (χ1) is 7.94. The highest BCUT2D eigenvalue weighted by atomic mass is 15.2. The maximum absolute atomic E-state index is 4.58. The monoisotopic (exact) mass is 238 g/mol. The molecule has 0 bridgehead atoms. The van der Waals surface area contributed by atoms with Gasteiger partial charge >= 0.3 is 0 Å². The minimum Gasteiger partial charge on any atom is -0.356 e. The third-order valence-electron chi connectivity index (χ3n) is 4.22. The molecule has 1 aliphatic heterocycles. The first kappa shape index (κ1) is 12.7. The lowest BCUT2D eigenvalue weighted by atomic mass is 9.75. The van der Waals surface area contributed by atoms with Crippen molar-refractivity contribution in [1.82, 2.24) is 15.5 Å². The lowest BCUT2D eigenvalue weighted by Crippen LogP contribution is -2.59. The predicted molar refractivity (Wildman–Crippen MR) is 72.4 cm³/mol. The highest BCUT2D eigenvalue weighted by molar-refractivity contribution is 5.80. The second-order valence-electron chi connectivity index (χ2n) is 6.51. The summed E-state index contributed by atoms with van der Waals surface area (Å²) >= 11 is 0. The van der Waals surface area contributed by atoms with E-state index < -0.39 is 0 Å². The van der Waals surface area contributed by atoms with Crippen LogP contribution in [0.3, 0.4) is 0 Å². The summed E-state index contributed by atoms with van der Waals surface area (Å²) in [4.78, 5) is 6.94. The van der Waals surface area contributed by atoms with Gasteiger partial charge in [-0.25, -0.2) is 0 Å². The first-order valence-corrected chi connectivity index (χ1v) is 6.63. The third kappa shape index (κ3) is 2.73. The van der Waals surface area contributed by atoms with E-state index in [1.54, 1.807) is 0 Å². The summed E-state index contributed by atoms with van der Waals surface area (Å²) in [5, 5.41) is 6.87. The summed E-state index contributed by atoms with van der Waals surface area (Å²) < 4.78 is 0. The molecule has 0 atom stereocenters. The molecule has 0 aromatic rings. The molecule has 0 amide bonds. The summed E-state index contributed by atoms with van der Waals surface area (Å²) in [7, 11) is 4.36. The summed E-state index contributed by atoms with van der Waals surface area (Å²) in [5.41, 5.74) is 0.651. The smallest absolute Gasteiger partial charge is 0.191 e. The van der Waals surface area contributed by atoms with Crippen LogP contribution in [0.2, 0.25) is 0 Å². The van der Waals surface area contributed by atoms with Gasteiger partial charge < -0.3 is 15.5 Å². The van der Waals surface area contributed by atoms with Crippen molar-refractivity contribution in [3.05, 3.63) is 0 Å². The molecular weight excluding hydrogens is 212 g/mol. The Morgan fingerprint density at radius 1 is 1.35 bits per heavy atom. The van der Waals surface area contributed by atoms with Gasteiger partial charge in [-0.05, 0) is 33.4 Å². The largest absolute Gasteiger partial charge is 0.356 e. The van der Waals surface area contributed by atoms with Crippen molar-refractivity contribution in [2.75, 3.05) is 33.7 Å². The lowest BCUT2D eigenvalue weighted by molar-refractivity contribution is 0.0645. The van der Waals surface area contributed by atoms with Crippen LogP contribution in [0.1, 0.15) is 33.1 Å². The highest BCUT2D eigenvalue weighted by Gasteiger charge is 2.39. The van der Waals surface area contributed by atoms with E-state index in [-0.39, 0.29) is 0 Å². The Kier molecular flexibility index (Phi) is 3.34. The lowest BCUT2D eigenvalue weighted by Gasteiger charge is -2.47. The summed E-state index contributed by atoms with van der Waals surface area (Å²) in [6.45, 7) is 7.42. The van der Waals surface area contributed by atoms with Crippen molar-refractivity contribution in [2.45, 2.75) is 38.6 Å². The fourth-order valence-corrected chi connectivity index (χ4v) is 2.46. The topological polar surface area (TPSA) is 39.7 Å². The summed E-state index contributed by atoms with van der Waals surface area (Å²) in [6, 6.07) is 0. The van der Waals surface area contributed by atoms with Crippen LogP contribution in [0.5, 0.6) is 0 Å². The Balaban J connectivity index is 1.85. The number of aliphatic imine (C=N–C) groups is 1. The first-order valence-electron chi connectivity index (χ1n) is 6.63. The molecule has 2 N–H and O–H groups in total. The molecule has 0 unspecified atom stereocenters. The average Bonchev–Trinajstić information content (AvgIpc) is 2.18. The van der Waals surface area contributed by atoms with E-state index in [9.17, 15) is 0 Å². The molecule has 17 heavy (non-hydrogen) atoms. The van der Waals surface area contributed by atoms with E-state index in [2.05, 4.69) is 48.5 Å². The van der Waals surface area contributed by atoms with Crippen molar-refractivity contribution in [3.8, 4) is 0 Å². The number of likely N-dealkylation sites (N-methyl/N-ethyl adjacent to an activating group) is 1. The minimum absolute atomic E-state index is 0.293. The van der Waals surface area contributed by atoms with Gasteiger partial charge in [0.2, 0.25) is 0 Å². The molecule has 0 aromatic carbocycles. The zero-order valence-electron chi connectivity index (χ0n) is 11.6. The van der Waals surface area contributed by atoms with E-state index in [0.29, 0.717) is 11.0 Å². The molecule has 4 heteroatoms. The molecule has 1 saturated carbocycles. The van der Waals surface area contributed by atoms with Crippen LogP contribution in [0.15, 0.2) is 4.99 Å². The maximum Gasteiger partial charge on any atom is 0.191 e. The Labute approximate surface area is 105 Å². The summed E-state index contributed by atoms with van der Waals surface area (Å²) in [6.07, 6.45) is 3.95. The SMILES string of the molecule is CN(C)C1(CNC2=NCC(C)(C)CN2)CCC1. The quantitative estimate of drug-likeness (QED) is 0.772. The van der Waals surface area contributed by atoms with Gasteiger partial charge in [-0.1, -0.05) is 13.8 Å². The highest BCUT2D eigenvalue weighted by Crippen LogP contribution is 2.35. The Hall–Kier alpha value is -0.770. The van der Waals surface area contributed by atoms with Gasteiger partial charge in [0.05, 0.1) is 0 Å². The van der Waals surface area contributed by atoms with E-state index in [4.69, 9.17) is 0 Å². The third-order valence-corrected chi connectivity index (χ3v) is 4.22. The van der Waals surface area contributed by atoms with Crippen LogP contribution in [0.25, 0.3) is 0 Å². The molecule has 4 nitrogen and oxygen atoms in total. The fraction of sp³-hybridized carbons (Fsp3) is 0.923. The van der Waals surface area contributed by atoms with Gasteiger partial charge in [0.25, 0.3) is 0 Å². The second kappa shape index (κ2) is 4.48. The van der Waals surface area contributed by atoms with Gasteiger partial charge in [-0.3, -0.25) is 4.99 Å². The van der Waals surface area contributed by atoms with Crippen molar-refractivity contribution < 1.29 is 0 Å². The molecular formula is C13H26N4. The van der Waals surface area contributed by atoms with Gasteiger partial charge in [-0.2, -0.15) is 0 Å². The molecule has 2 rings (SSSR count). The fourth-order valence-electron chi connectivity index (χ4n) is 2.46. The molecule has 0 radical (unpaired) electrons. The predicted octanol–water partition coefficient (Wildman–Crippen LogP) is 1.05. The number of rotatable bonds is 3. The van der Waals surface area contributed by atoms with E-state index >= 15 is 0 Å². The maximum atomic E-state index is 4.58. The van der Waals surface area contributed by atoms with E-state index in [1.165, 1.54) is 19.3 Å². The Morgan fingerprint density at radius 3 is 2.47 bits per heavy atom. The number of guanidine groups is 1. The molecule has 0 saturated heterocycles. The minimum atomic E-state index is 0.293. The normalized spacial score (nSPS) is 25.8. The zero-order chi connectivity index (χ0) is 12.5. The zero-order valence-corrected chi connectivity index (χ0v) is 11.6. The van der Waals surface area contributed by atoms with Crippen LogP contribution in [0, 0.1) is 5.41 Å². The number of nitrogens with zero attached hydrogens (tertiary/aromatic N) is 2. The number of hydrogen-bond acceptors (Lipinski definition) is 4. The molecule has 0 spiro atoms. The van der Waals surface area contributed by atoms with Gasteiger partial charge in [0.1, 0.15) is 0 Å². The van der Waals surface area contributed by atoms with Crippen molar-refractivity contribution in [1.29, 1.82) is 0 Å². The Morgan fingerprint density at radius 2 is 2.06 bits per heavy atom. The molecule has 98 valence electrons. The van der Waals surface area contributed by atoms with Gasteiger partial charge in [-0.15, -0.1) is 0 Å². The molecule has 2 aliphatic rings. The number of nitrogens with one attached hydrogen (secondary N) is 2. The average molecular weight is 238 g/mol. The molecule has 1 heterocycles. The van der Waals surface area contributed by atoms with Crippen LogP contribution in [0.4, 0.5) is 0 Å². The van der Waals surface area contributed by atoms with Crippen molar-refractivity contribution in [2.24, 2.45) is 10.4 Å². The Bertz CT molecular complexity index is 303.